The summed E-state index contributed by atoms with van der Waals surface area (Å²) in [5.74, 6) is 0.265. The highest BCUT2D eigenvalue weighted by atomic mass is 19.4. The first kappa shape index (κ1) is 27.2. The molecule has 3 aliphatic heterocycles. The Morgan fingerprint density at radius 3 is 2.80 bits per heavy atom. The summed E-state index contributed by atoms with van der Waals surface area (Å²) in [5.41, 5.74) is 1.12. The molecule has 1 N–H and O–H groups in total. The number of aryl methyl sites for hydroxylation is 1. The van der Waals surface area contributed by atoms with Crippen molar-refractivity contribution in [3.63, 3.8) is 0 Å². The monoisotopic (exact) mass is 570 g/mol. The molecule has 0 unspecified atom stereocenters. The number of amides is 2. The van der Waals surface area contributed by atoms with Gasteiger partial charge in [-0.15, -0.1) is 0 Å². The highest BCUT2D eigenvalue weighted by molar-refractivity contribution is 6.05. The largest absolute Gasteiger partial charge is 0.489 e. The summed E-state index contributed by atoms with van der Waals surface area (Å²) >= 11 is 0. The Balaban J connectivity index is 1.25. The van der Waals surface area contributed by atoms with Crippen LogP contribution >= 0.6 is 0 Å². The first-order valence-electron chi connectivity index (χ1n) is 13.3. The second-order valence-corrected chi connectivity index (χ2v) is 10.7. The highest BCUT2D eigenvalue weighted by Crippen LogP contribution is 2.42. The third-order valence-electron chi connectivity index (χ3n) is 7.25. The van der Waals surface area contributed by atoms with Crippen LogP contribution in [-0.4, -0.2) is 65.2 Å². The van der Waals surface area contributed by atoms with E-state index in [0.717, 1.165) is 12.1 Å². The van der Waals surface area contributed by atoms with E-state index in [0.29, 0.717) is 54.8 Å². The van der Waals surface area contributed by atoms with Gasteiger partial charge in [0.1, 0.15) is 24.1 Å². The topological polar surface area (TPSA) is 102 Å². The molecular weight excluding hydrogens is 541 g/mol. The van der Waals surface area contributed by atoms with Crippen molar-refractivity contribution >= 4 is 23.2 Å². The number of ether oxygens (including phenoxy) is 3. The van der Waals surface area contributed by atoms with Crippen LogP contribution in [0, 0.1) is 6.92 Å². The number of nitrogens with one attached hydrogen (secondary N) is 1. The van der Waals surface area contributed by atoms with E-state index in [1.165, 1.54) is 18.3 Å². The van der Waals surface area contributed by atoms with Crippen LogP contribution in [0.15, 0.2) is 42.7 Å². The Labute approximate surface area is 234 Å². The molecule has 2 saturated heterocycles. The number of alkyl halides is 3. The van der Waals surface area contributed by atoms with Crippen LogP contribution in [0.3, 0.4) is 0 Å². The number of anilines is 3. The lowest BCUT2D eigenvalue weighted by Crippen LogP contribution is -2.48. The quantitative estimate of drug-likeness (QED) is 0.456. The van der Waals surface area contributed by atoms with E-state index in [4.69, 9.17) is 14.2 Å². The Morgan fingerprint density at radius 1 is 1.22 bits per heavy atom. The number of hydrogen-bond donors (Lipinski definition) is 1. The van der Waals surface area contributed by atoms with Gasteiger partial charge in [-0.2, -0.15) is 13.2 Å². The average molecular weight is 571 g/mol. The number of benzene rings is 1. The Bertz CT molecular complexity index is 1480. The first-order chi connectivity index (χ1) is 19.5. The van der Waals surface area contributed by atoms with E-state index in [9.17, 15) is 18.0 Å². The van der Waals surface area contributed by atoms with Gasteiger partial charge in [-0.25, -0.2) is 14.8 Å². The normalized spacial score (nSPS) is 21.1. The van der Waals surface area contributed by atoms with Crippen molar-refractivity contribution < 1.29 is 32.2 Å². The van der Waals surface area contributed by atoms with Crippen LogP contribution in [-0.2, 0) is 15.7 Å². The summed E-state index contributed by atoms with van der Waals surface area (Å²) < 4.78 is 57.3. The molecule has 3 aromatic rings. The van der Waals surface area contributed by atoms with Crippen LogP contribution in [0.5, 0.6) is 5.75 Å². The van der Waals surface area contributed by atoms with Gasteiger partial charge in [0.15, 0.2) is 17.4 Å². The second kappa shape index (κ2) is 10.1. The molecule has 0 saturated carbocycles. The molecule has 3 aliphatic rings. The third kappa shape index (κ3) is 5.51. The highest BCUT2D eigenvalue weighted by Gasteiger charge is 2.42. The molecule has 2 amide bonds. The molecule has 6 rings (SSSR count). The maximum atomic E-state index is 13.7. The van der Waals surface area contributed by atoms with Gasteiger partial charge in [0.05, 0.1) is 42.0 Å². The van der Waals surface area contributed by atoms with E-state index < -0.39 is 23.6 Å². The minimum Gasteiger partial charge on any atom is -0.489 e. The number of carbonyl (C=O) groups is 1. The van der Waals surface area contributed by atoms with Crippen LogP contribution in [0.4, 0.5) is 35.2 Å². The fourth-order valence-electron chi connectivity index (χ4n) is 5.43. The number of rotatable bonds is 5. The number of pyridine rings is 1. The molecule has 41 heavy (non-hydrogen) atoms. The summed E-state index contributed by atoms with van der Waals surface area (Å²) in [6, 6.07) is 5.94. The number of hydrogen-bond acceptors (Lipinski definition) is 8. The summed E-state index contributed by atoms with van der Waals surface area (Å²) in [5, 5.41) is 2.89. The third-order valence-corrected chi connectivity index (χ3v) is 7.25. The molecule has 2 atom stereocenters. The van der Waals surface area contributed by atoms with Crippen molar-refractivity contribution in [1.29, 1.82) is 0 Å². The van der Waals surface area contributed by atoms with Gasteiger partial charge in [0.2, 0.25) is 0 Å². The van der Waals surface area contributed by atoms with Crippen LogP contribution in [0.2, 0.25) is 0 Å². The molecule has 0 aliphatic carbocycles. The minimum absolute atomic E-state index is 0.117. The van der Waals surface area contributed by atoms with Crippen molar-refractivity contribution in [2.24, 2.45) is 0 Å². The van der Waals surface area contributed by atoms with Gasteiger partial charge < -0.3 is 24.4 Å². The molecule has 2 bridgehead atoms. The van der Waals surface area contributed by atoms with Crippen molar-refractivity contribution in [2.75, 3.05) is 41.4 Å². The molecule has 216 valence electrons. The molecule has 2 fully saturated rings. The number of urea groups is 1. The smallest absolute Gasteiger partial charge is 0.416 e. The van der Waals surface area contributed by atoms with Gasteiger partial charge in [-0.3, -0.25) is 9.88 Å². The first-order valence-corrected chi connectivity index (χ1v) is 13.3. The molecular formula is C28H29F3N6O4. The average Bonchev–Trinajstić information content (AvgIpc) is 3.49. The maximum absolute atomic E-state index is 13.7. The Hall–Kier alpha value is -3.97. The van der Waals surface area contributed by atoms with Crippen LogP contribution < -0.4 is 19.9 Å². The fraction of sp³-hybridized carbons (Fsp3) is 0.429. The number of nitrogens with zero attached hydrogens (tertiary/aromatic N) is 5. The van der Waals surface area contributed by atoms with Crippen LogP contribution in [0.25, 0.3) is 11.4 Å². The van der Waals surface area contributed by atoms with E-state index >= 15 is 0 Å². The predicted octanol–water partition coefficient (Wildman–Crippen LogP) is 5.03. The van der Waals surface area contributed by atoms with Gasteiger partial charge in [-0.05, 0) is 39.3 Å². The Morgan fingerprint density at radius 2 is 2.05 bits per heavy atom. The molecule has 0 radical (unpaired) electrons. The summed E-state index contributed by atoms with van der Waals surface area (Å²) in [6.07, 6.45) is -0.972. The molecule has 1 aromatic carbocycles. The van der Waals surface area contributed by atoms with E-state index in [-0.39, 0.29) is 30.1 Å². The van der Waals surface area contributed by atoms with Crippen molar-refractivity contribution in [3.05, 3.63) is 54.0 Å². The standard InChI is InChI=1S/C28H29F3N6O4/c1-16-23-25(35-24(33-16)17-5-4-6-18(9-17)28(29,30)31)37(20-7-8-36(23)13-20)26(38)34-19-10-21(12-32-11-19)39-14-22-15-40-27(2,3)41-22/h4-6,9-12,20,22H,7-8,13-15H2,1-3H3,(H,34,38)/t20-,22-/m0/s1. The second-order valence-electron chi connectivity index (χ2n) is 10.7. The fourth-order valence-corrected chi connectivity index (χ4v) is 5.43. The summed E-state index contributed by atoms with van der Waals surface area (Å²) in [6.45, 7) is 7.43. The van der Waals surface area contributed by atoms with Crippen molar-refractivity contribution in [2.45, 2.75) is 51.3 Å². The predicted molar refractivity (Wildman–Crippen MR) is 144 cm³/mol. The zero-order valence-electron chi connectivity index (χ0n) is 22.7. The minimum atomic E-state index is -4.50. The lowest BCUT2D eigenvalue weighted by Gasteiger charge is -2.36. The molecule has 10 nitrogen and oxygen atoms in total. The van der Waals surface area contributed by atoms with Gasteiger partial charge in [0.25, 0.3) is 0 Å². The summed E-state index contributed by atoms with van der Waals surface area (Å²) in [4.78, 5) is 30.7. The van der Waals surface area contributed by atoms with Gasteiger partial charge in [-0.1, -0.05) is 12.1 Å². The zero-order chi connectivity index (χ0) is 28.9. The zero-order valence-corrected chi connectivity index (χ0v) is 22.7. The molecule has 2 aromatic heterocycles. The number of halogens is 3. The van der Waals surface area contributed by atoms with Crippen LogP contribution in [0.1, 0.15) is 31.5 Å². The lowest BCUT2D eigenvalue weighted by molar-refractivity contribution is -0.141. The molecule has 0 spiro atoms. The van der Waals surface area contributed by atoms with Gasteiger partial charge >= 0.3 is 12.2 Å². The van der Waals surface area contributed by atoms with Gasteiger partial charge in [0, 0.05) is 24.7 Å². The molecule has 13 heteroatoms. The van der Waals surface area contributed by atoms with E-state index in [1.807, 2.05) is 13.8 Å². The molecule has 5 heterocycles. The number of carbonyl (C=O) groups excluding carboxylic acids is 1. The van der Waals surface area contributed by atoms with Crippen molar-refractivity contribution in [3.8, 4) is 17.1 Å². The number of aromatic nitrogens is 3. The maximum Gasteiger partial charge on any atom is 0.416 e. The summed E-state index contributed by atoms with van der Waals surface area (Å²) in [7, 11) is 0. The lowest BCUT2D eigenvalue weighted by atomic mass is 10.1. The number of fused-ring (bicyclic) bond motifs is 4. The van der Waals surface area contributed by atoms with E-state index in [2.05, 4.69) is 25.2 Å². The SMILES string of the molecule is Cc1nc(-c2cccc(C(F)(F)F)c2)nc2c1N1CC[C@@H](C1)N2C(=O)Nc1cncc(OC[C@H]2COC(C)(C)O2)c1. The van der Waals surface area contributed by atoms with Crippen molar-refractivity contribution in [1.82, 2.24) is 15.0 Å². The Kier molecular flexibility index (Phi) is 6.73. The van der Waals surface area contributed by atoms with E-state index in [1.54, 1.807) is 24.1 Å².